The van der Waals surface area contributed by atoms with Crippen molar-refractivity contribution in [1.29, 1.82) is 0 Å². The van der Waals surface area contributed by atoms with Crippen molar-refractivity contribution in [1.82, 2.24) is 5.32 Å². The highest BCUT2D eigenvalue weighted by molar-refractivity contribution is 5.80. The summed E-state index contributed by atoms with van der Waals surface area (Å²) in [7, 11) is 1.62. The molecule has 0 spiro atoms. The Balaban J connectivity index is 1.95. The molecule has 5 nitrogen and oxygen atoms in total. The zero-order valence-electron chi connectivity index (χ0n) is 15.2. The Labute approximate surface area is 149 Å². The number of benzene rings is 1. The third kappa shape index (κ3) is 5.76. The van der Waals surface area contributed by atoms with Crippen LogP contribution in [-0.2, 0) is 16.0 Å². The van der Waals surface area contributed by atoms with Crippen molar-refractivity contribution in [2.75, 3.05) is 7.11 Å². The van der Waals surface area contributed by atoms with E-state index in [4.69, 9.17) is 4.74 Å². The highest BCUT2D eigenvalue weighted by atomic mass is 16.5. The van der Waals surface area contributed by atoms with Crippen LogP contribution >= 0.6 is 0 Å². The fourth-order valence-corrected chi connectivity index (χ4v) is 3.49. The predicted molar refractivity (Wildman–Crippen MR) is 96.6 cm³/mol. The summed E-state index contributed by atoms with van der Waals surface area (Å²) in [5.74, 6) is -0.743. The van der Waals surface area contributed by atoms with Crippen LogP contribution < -0.4 is 10.1 Å². The van der Waals surface area contributed by atoms with Gasteiger partial charge in [0.15, 0.2) is 0 Å². The maximum atomic E-state index is 12.6. The van der Waals surface area contributed by atoms with Gasteiger partial charge in [0.25, 0.3) is 0 Å². The van der Waals surface area contributed by atoms with Gasteiger partial charge >= 0.3 is 5.97 Å². The molecule has 1 aliphatic carbocycles. The van der Waals surface area contributed by atoms with E-state index in [2.05, 4.69) is 5.32 Å². The largest absolute Gasteiger partial charge is 0.497 e. The van der Waals surface area contributed by atoms with Crippen LogP contribution in [0.2, 0.25) is 0 Å². The quantitative estimate of drug-likeness (QED) is 0.827. The molecule has 1 aromatic carbocycles. The Morgan fingerprint density at radius 3 is 2.40 bits per heavy atom. The summed E-state index contributed by atoms with van der Waals surface area (Å²) in [4.78, 5) is 24.1. The number of rotatable bonds is 6. The molecule has 1 saturated carbocycles. The summed E-state index contributed by atoms with van der Waals surface area (Å²) < 4.78 is 5.14. The lowest BCUT2D eigenvalue weighted by molar-refractivity contribution is -0.143. The summed E-state index contributed by atoms with van der Waals surface area (Å²) in [6.07, 6.45) is 6.11. The van der Waals surface area contributed by atoms with Crippen LogP contribution in [0.1, 0.15) is 51.0 Å². The van der Waals surface area contributed by atoms with Crippen molar-refractivity contribution in [3.8, 4) is 5.75 Å². The van der Waals surface area contributed by atoms with Gasteiger partial charge in [-0.05, 0) is 37.0 Å². The van der Waals surface area contributed by atoms with Gasteiger partial charge in [-0.25, -0.2) is 0 Å². The first-order valence-electron chi connectivity index (χ1n) is 9.17. The van der Waals surface area contributed by atoms with E-state index in [1.165, 1.54) is 0 Å². The number of hydrogen-bond donors (Lipinski definition) is 2. The number of carboxylic acid groups (broad SMARTS) is 1. The van der Waals surface area contributed by atoms with Gasteiger partial charge in [-0.1, -0.05) is 44.7 Å². The Morgan fingerprint density at radius 2 is 1.80 bits per heavy atom. The molecule has 0 aliphatic heterocycles. The molecular weight excluding hydrogens is 318 g/mol. The monoisotopic (exact) mass is 347 g/mol. The number of carbonyl (C=O) groups is 2. The number of amides is 1. The minimum absolute atomic E-state index is 0.0624. The smallest absolute Gasteiger partial charge is 0.308 e. The zero-order valence-corrected chi connectivity index (χ0v) is 15.2. The van der Waals surface area contributed by atoms with Crippen molar-refractivity contribution in [2.45, 2.75) is 57.9 Å². The van der Waals surface area contributed by atoms with Crippen LogP contribution in [0.4, 0.5) is 0 Å². The van der Waals surface area contributed by atoms with Crippen molar-refractivity contribution < 1.29 is 19.4 Å². The van der Waals surface area contributed by atoms with Crippen LogP contribution in [0.15, 0.2) is 24.3 Å². The van der Waals surface area contributed by atoms with E-state index < -0.39 is 11.9 Å². The van der Waals surface area contributed by atoms with Crippen molar-refractivity contribution in [2.24, 2.45) is 11.8 Å². The molecule has 3 unspecified atom stereocenters. The number of nitrogens with one attached hydrogen (secondary N) is 1. The Morgan fingerprint density at radius 1 is 1.16 bits per heavy atom. The van der Waals surface area contributed by atoms with Gasteiger partial charge in [-0.15, -0.1) is 0 Å². The highest BCUT2D eigenvalue weighted by Gasteiger charge is 2.30. The SMILES string of the molecule is COc1ccc(CC(C)C(=O)NC2CCCCCCC2C(=O)O)cc1. The van der Waals surface area contributed by atoms with E-state index in [0.717, 1.165) is 43.4 Å². The molecule has 0 bridgehead atoms. The number of hydrogen-bond acceptors (Lipinski definition) is 3. The summed E-state index contributed by atoms with van der Waals surface area (Å²) in [6, 6.07) is 7.42. The molecule has 0 heterocycles. The van der Waals surface area contributed by atoms with E-state index in [0.29, 0.717) is 12.8 Å². The average Bonchev–Trinajstić information content (AvgIpc) is 2.57. The summed E-state index contributed by atoms with van der Waals surface area (Å²) in [5.41, 5.74) is 1.07. The van der Waals surface area contributed by atoms with Crippen LogP contribution in [-0.4, -0.2) is 30.1 Å². The van der Waals surface area contributed by atoms with Crippen molar-refractivity contribution >= 4 is 11.9 Å². The summed E-state index contributed by atoms with van der Waals surface area (Å²) in [6.45, 7) is 1.89. The van der Waals surface area contributed by atoms with E-state index in [1.807, 2.05) is 31.2 Å². The lowest BCUT2D eigenvalue weighted by Crippen LogP contribution is -2.46. The van der Waals surface area contributed by atoms with Crippen LogP contribution in [0, 0.1) is 11.8 Å². The summed E-state index contributed by atoms with van der Waals surface area (Å²) in [5, 5.41) is 12.5. The van der Waals surface area contributed by atoms with E-state index >= 15 is 0 Å². The molecule has 0 saturated heterocycles. The third-order valence-electron chi connectivity index (χ3n) is 5.06. The van der Waals surface area contributed by atoms with Gasteiger partial charge in [0, 0.05) is 12.0 Å². The molecule has 1 fully saturated rings. The van der Waals surface area contributed by atoms with Crippen molar-refractivity contribution in [3.63, 3.8) is 0 Å². The topological polar surface area (TPSA) is 75.6 Å². The fraction of sp³-hybridized carbons (Fsp3) is 0.600. The Kier molecular flexibility index (Phi) is 7.29. The molecule has 1 aromatic rings. The highest BCUT2D eigenvalue weighted by Crippen LogP contribution is 2.24. The third-order valence-corrected chi connectivity index (χ3v) is 5.06. The van der Waals surface area contributed by atoms with Gasteiger partial charge in [-0.3, -0.25) is 9.59 Å². The van der Waals surface area contributed by atoms with Crippen LogP contribution in [0.3, 0.4) is 0 Å². The molecule has 3 atom stereocenters. The zero-order chi connectivity index (χ0) is 18.2. The molecule has 1 aliphatic rings. The number of carboxylic acids is 1. The van der Waals surface area contributed by atoms with E-state index in [-0.39, 0.29) is 17.9 Å². The van der Waals surface area contributed by atoms with Gasteiger partial charge in [0.05, 0.1) is 13.0 Å². The van der Waals surface area contributed by atoms with Crippen LogP contribution in [0.5, 0.6) is 5.75 Å². The molecule has 1 amide bonds. The standard InChI is InChI=1S/C20H29NO4/c1-14(13-15-9-11-16(25-2)12-10-15)19(22)21-18-8-6-4-3-5-7-17(18)20(23)24/h9-12,14,17-18H,3-8,13H2,1-2H3,(H,21,22)(H,23,24). The average molecular weight is 347 g/mol. The first-order chi connectivity index (χ1) is 12.0. The van der Waals surface area contributed by atoms with Gasteiger partial charge < -0.3 is 15.2 Å². The number of ether oxygens (including phenoxy) is 1. The minimum atomic E-state index is -0.796. The number of methoxy groups -OCH3 is 1. The van der Waals surface area contributed by atoms with Crippen LogP contribution in [0.25, 0.3) is 0 Å². The summed E-state index contributed by atoms with van der Waals surface area (Å²) >= 11 is 0. The first-order valence-corrected chi connectivity index (χ1v) is 9.17. The lowest BCUT2D eigenvalue weighted by atomic mass is 9.86. The Bertz CT molecular complexity index is 570. The molecule has 2 rings (SSSR count). The molecular formula is C20H29NO4. The molecule has 5 heteroatoms. The molecule has 2 N–H and O–H groups in total. The van der Waals surface area contributed by atoms with E-state index in [9.17, 15) is 14.7 Å². The Hall–Kier alpha value is -2.04. The number of carbonyl (C=O) groups excluding carboxylic acids is 1. The van der Waals surface area contributed by atoms with E-state index in [1.54, 1.807) is 7.11 Å². The second kappa shape index (κ2) is 9.44. The van der Waals surface area contributed by atoms with Gasteiger partial charge in [0.2, 0.25) is 5.91 Å². The fourth-order valence-electron chi connectivity index (χ4n) is 3.49. The molecule has 0 radical (unpaired) electrons. The van der Waals surface area contributed by atoms with Gasteiger partial charge in [0.1, 0.15) is 5.75 Å². The van der Waals surface area contributed by atoms with Gasteiger partial charge in [-0.2, -0.15) is 0 Å². The maximum Gasteiger partial charge on any atom is 0.308 e. The molecule has 138 valence electrons. The predicted octanol–water partition coefficient (Wildman–Crippen LogP) is 3.41. The second-order valence-electron chi connectivity index (χ2n) is 7.00. The first kappa shape index (κ1) is 19.3. The number of aliphatic carboxylic acids is 1. The maximum absolute atomic E-state index is 12.6. The molecule has 25 heavy (non-hydrogen) atoms. The molecule has 0 aromatic heterocycles. The lowest BCUT2D eigenvalue weighted by Gasteiger charge is -2.28. The second-order valence-corrected chi connectivity index (χ2v) is 7.00. The normalized spacial score (nSPS) is 22.3. The van der Waals surface area contributed by atoms with Crippen molar-refractivity contribution in [3.05, 3.63) is 29.8 Å². The minimum Gasteiger partial charge on any atom is -0.497 e.